The summed E-state index contributed by atoms with van der Waals surface area (Å²) in [5.41, 5.74) is 3.57. The number of aliphatic imine (C=N–C) groups is 1. The number of hydrogen-bond acceptors (Lipinski definition) is 1. The number of amidine groups is 1. The summed E-state index contributed by atoms with van der Waals surface area (Å²) in [5, 5.41) is 3.47. The maximum Gasteiger partial charge on any atom is 0.128 e. The van der Waals surface area contributed by atoms with E-state index in [2.05, 4.69) is 53.8 Å². The van der Waals surface area contributed by atoms with Crippen LogP contribution in [0.5, 0.6) is 0 Å². The molecule has 0 amide bonds. The third-order valence-corrected chi connectivity index (χ3v) is 3.61. The molecule has 0 saturated heterocycles. The summed E-state index contributed by atoms with van der Waals surface area (Å²) in [7, 11) is 0. The zero-order valence-corrected chi connectivity index (χ0v) is 13.0. The van der Waals surface area contributed by atoms with Crippen LogP contribution in [0.1, 0.15) is 16.7 Å². The Morgan fingerprint density at radius 1 is 0.652 bits per heavy atom. The van der Waals surface area contributed by atoms with Crippen LogP contribution in [0.25, 0.3) is 0 Å². The van der Waals surface area contributed by atoms with Gasteiger partial charge in [-0.05, 0) is 11.1 Å². The molecule has 2 nitrogen and oxygen atoms in total. The van der Waals surface area contributed by atoms with Crippen molar-refractivity contribution in [1.29, 1.82) is 0 Å². The Morgan fingerprint density at radius 2 is 1.17 bits per heavy atom. The van der Waals surface area contributed by atoms with Crippen LogP contribution in [0.3, 0.4) is 0 Å². The lowest BCUT2D eigenvalue weighted by molar-refractivity contribution is 0.896. The van der Waals surface area contributed by atoms with Crippen molar-refractivity contribution in [2.45, 2.75) is 13.1 Å². The summed E-state index contributed by atoms with van der Waals surface area (Å²) in [6, 6.07) is 31.0. The van der Waals surface area contributed by atoms with Gasteiger partial charge in [-0.25, -0.2) is 0 Å². The van der Waals surface area contributed by atoms with Gasteiger partial charge in [-0.15, -0.1) is 0 Å². The molecule has 0 spiro atoms. The summed E-state index contributed by atoms with van der Waals surface area (Å²) in [4.78, 5) is 4.78. The second kappa shape index (κ2) is 7.95. The highest BCUT2D eigenvalue weighted by Gasteiger charge is 2.03. The fourth-order valence-corrected chi connectivity index (χ4v) is 2.38. The van der Waals surface area contributed by atoms with E-state index in [4.69, 9.17) is 4.99 Å². The van der Waals surface area contributed by atoms with Crippen molar-refractivity contribution >= 4 is 5.84 Å². The largest absolute Gasteiger partial charge is 0.366 e. The molecule has 0 aliphatic carbocycles. The molecule has 0 aliphatic heterocycles. The van der Waals surface area contributed by atoms with E-state index in [0.717, 1.165) is 17.9 Å². The highest BCUT2D eigenvalue weighted by atomic mass is 15.0. The summed E-state index contributed by atoms with van der Waals surface area (Å²) >= 11 is 0. The Morgan fingerprint density at radius 3 is 1.78 bits per heavy atom. The molecule has 114 valence electrons. The van der Waals surface area contributed by atoms with E-state index in [0.29, 0.717) is 6.54 Å². The molecular formula is C21H20N2. The summed E-state index contributed by atoms with van der Waals surface area (Å²) in [5.74, 6) is 0.929. The van der Waals surface area contributed by atoms with Crippen molar-refractivity contribution in [1.82, 2.24) is 5.32 Å². The monoisotopic (exact) mass is 300 g/mol. The molecule has 0 aliphatic rings. The molecule has 0 bridgehead atoms. The third kappa shape index (κ3) is 4.55. The number of hydrogen-bond donors (Lipinski definition) is 1. The second-order valence-electron chi connectivity index (χ2n) is 5.36. The second-order valence-corrected chi connectivity index (χ2v) is 5.36. The molecule has 0 aromatic heterocycles. The van der Waals surface area contributed by atoms with Crippen molar-refractivity contribution in [3.05, 3.63) is 108 Å². The quantitative estimate of drug-likeness (QED) is 0.547. The van der Waals surface area contributed by atoms with Gasteiger partial charge in [-0.1, -0.05) is 91.0 Å². The van der Waals surface area contributed by atoms with Gasteiger partial charge in [0.25, 0.3) is 0 Å². The molecule has 0 fully saturated rings. The molecule has 0 radical (unpaired) electrons. The van der Waals surface area contributed by atoms with Gasteiger partial charge in [0.2, 0.25) is 0 Å². The van der Waals surface area contributed by atoms with Gasteiger partial charge in [0, 0.05) is 12.1 Å². The van der Waals surface area contributed by atoms with Gasteiger partial charge in [0.05, 0.1) is 6.54 Å². The lowest BCUT2D eigenvalue weighted by atomic mass is 10.1. The smallest absolute Gasteiger partial charge is 0.128 e. The fraction of sp³-hybridized carbons (Fsp3) is 0.0952. The summed E-state index contributed by atoms with van der Waals surface area (Å²) < 4.78 is 0. The van der Waals surface area contributed by atoms with Gasteiger partial charge in [-0.2, -0.15) is 0 Å². The van der Waals surface area contributed by atoms with E-state index in [1.165, 1.54) is 11.1 Å². The first-order chi connectivity index (χ1) is 11.4. The molecule has 0 heterocycles. The highest BCUT2D eigenvalue weighted by molar-refractivity contribution is 5.98. The SMILES string of the molecule is c1ccc(C/N=C(/NCc2ccccc2)c2ccccc2)cc1. The minimum absolute atomic E-state index is 0.673. The zero-order chi connectivity index (χ0) is 15.7. The fourth-order valence-electron chi connectivity index (χ4n) is 2.38. The predicted molar refractivity (Wildman–Crippen MR) is 96.4 cm³/mol. The normalized spacial score (nSPS) is 11.2. The molecule has 3 aromatic carbocycles. The van der Waals surface area contributed by atoms with Crippen LogP contribution in [-0.4, -0.2) is 5.84 Å². The van der Waals surface area contributed by atoms with Crippen LogP contribution < -0.4 is 5.32 Å². The summed E-state index contributed by atoms with van der Waals surface area (Å²) in [6.07, 6.45) is 0. The topological polar surface area (TPSA) is 24.4 Å². The standard InChI is InChI=1S/C21H20N2/c1-4-10-18(11-5-1)16-22-21(20-14-8-3-9-15-20)23-17-19-12-6-2-7-13-19/h1-15H,16-17H2,(H,22,23). The van der Waals surface area contributed by atoms with E-state index in [1.54, 1.807) is 0 Å². The molecule has 2 heteroatoms. The first kappa shape index (κ1) is 15.0. The van der Waals surface area contributed by atoms with Crippen molar-refractivity contribution in [3.8, 4) is 0 Å². The van der Waals surface area contributed by atoms with Crippen LogP contribution >= 0.6 is 0 Å². The van der Waals surface area contributed by atoms with Gasteiger partial charge < -0.3 is 5.32 Å². The van der Waals surface area contributed by atoms with Crippen LogP contribution in [0.2, 0.25) is 0 Å². The number of rotatable bonds is 5. The number of benzene rings is 3. The molecule has 23 heavy (non-hydrogen) atoms. The minimum Gasteiger partial charge on any atom is -0.366 e. The molecule has 3 rings (SSSR count). The summed E-state index contributed by atoms with van der Waals surface area (Å²) in [6.45, 7) is 1.44. The molecule has 3 aromatic rings. The van der Waals surface area contributed by atoms with E-state index >= 15 is 0 Å². The van der Waals surface area contributed by atoms with Crippen LogP contribution in [0.15, 0.2) is 96.0 Å². The van der Waals surface area contributed by atoms with Crippen LogP contribution in [-0.2, 0) is 13.1 Å². The van der Waals surface area contributed by atoms with Crippen molar-refractivity contribution in [3.63, 3.8) is 0 Å². The maximum absolute atomic E-state index is 4.78. The molecular weight excluding hydrogens is 280 g/mol. The highest BCUT2D eigenvalue weighted by Crippen LogP contribution is 2.06. The average molecular weight is 300 g/mol. The van der Waals surface area contributed by atoms with E-state index in [-0.39, 0.29) is 0 Å². The van der Waals surface area contributed by atoms with E-state index in [1.807, 2.05) is 42.5 Å². The molecule has 0 saturated carbocycles. The van der Waals surface area contributed by atoms with Crippen LogP contribution in [0.4, 0.5) is 0 Å². The molecule has 1 N–H and O–H groups in total. The Kier molecular flexibility index (Phi) is 5.20. The average Bonchev–Trinajstić information content (AvgIpc) is 2.64. The van der Waals surface area contributed by atoms with Gasteiger partial charge in [0.15, 0.2) is 0 Å². The van der Waals surface area contributed by atoms with Crippen molar-refractivity contribution in [2.75, 3.05) is 0 Å². The maximum atomic E-state index is 4.78. The number of nitrogens with one attached hydrogen (secondary N) is 1. The van der Waals surface area contributed by atoms with Gasteiger partial charge in [-0.3, -0.25) is 4.99 Å². The van der Waals surface area contributed by atoms with E-state index in [9.17, 15) is 0 Å². The molecule has 0 atom stereocenters. The van der Waals surface area contributed by atoms with Gasteiger partial charge >= 0.3 is 0 Å². The Bertz CT molecular complexity index is 735. The molecule has 0 unspecified atom stereocenters. The first-order valence-corrected chi connectivity index (χ1v) is 7.83. The lowest BCUT2D eigenvalue weighted by Gasteiger charge is -2.11. The number of nitrogens with zero attached hydrogens (tertiary/aromatic N) is 1. The van der Waals surface area contributed by atoms with Gasteiger partial charge in [0.1, 0.15) is 5.84 Å². The Hall–Kier alpha value is -2.87. The van der Waals surface area contributed by atoms with E-state index < -0.39 is 0 Å². The predicted octanol–water partition coefficient (Wildman–Crippen LogP) is 4.42. The zero-order valence-electron chi connectivity index (χ0n) is 13.0. The van der Waals surface area contributed by atoms with Crippen molar-refractivity contribution in [2.24, 2.45) is 4.99 Å². The lowest BCUT2D eigenvalue weighted by Crippen LogP contribution is -2.24. The van der Waals surface area contributed by atoms with Crippen LogP contribution in [0, 0.1) is 0 Å². The Balaban J connectivity index is 1.76. The third-order valence-electron chi connectivity index (χ3n) is 3.61. The first-order valence-electron chi connectivity index (χ1n) is 7.83. The van der Waals surface area contributed by atoms with Crippen molar-refractivity contribution < 1.29 is 0 Å². The Labute approximate surface area is 137 Å². The minimum atomic E-state index is 0.673.